The van der Waals surface area contributed by atoms with Gasteiger partial charge in [0.2, 0.25) is 0 Å². The third-order valence-corrected chi connectivity index (χ3v) is 7.71. The second kappa shape index (κ2) is 6.84. The van der Waals surface area contributed by atoms with Crippen molar-refractivity contribution >= 4 is 16.9 Å². The van der Waals surface area contributed by atoms with E-state index in [2.05, 4.69) is 34.9 Å². The minimum atomic E-state index is -0.297. The maximum absolute atomic E-state index is 13.6. The number of carbonyl (C=O) groups excluding carboxylic acids is 1. The second-order valence-corrected chi connectivity index (χ2v) is 9.42. The van der Waals surface area contributed by atoms with Crippen molar-refractivity contribution in [2.45, 2.75) is 57.5 Å². The molecule has 3 aromatic rings. The summed E-state index contributed by atoms with van der Waals surface area (Å²) in [6.45, 7) is 3.73. The van der Waals surface area contributed by atoms with E-state index in [1.165, 1.54) is 17.5 Å². The van der Waals surface area contributed by atoms with Crippen molar-refractivity contribution in [1.82, 2.24) is 14.5 Å². The topological polar surface area (TPSA) is 47.4 Å². The van der Waals surface area contributed by atoms with Crippen molar-refractivity contribution in [3.63, 3.8) is 0 Å². The van der Waals surface area contributed by atoms with Crippen molar-refractivity contribution in [3.05, 3.63) is 58.4 Å². The quantitative estimate of drug-likeness (QED) is 0.580. The molecular formula is C26H29N3O2. The average molecular weight is 416 g/mol. The molecule has 0 saturated carbocycles. The molecule has 31 heavy (non-hydrogen) atoms. The molecule has 5 heteroatoms. The minimum Gasteiger partial charge on any atom is -0.480 e. The van der Waals surface area contributed by atoms with E-state index in [-0.39, 0.29) is 11.5 Å². The molecular weight excluding hydrogens is 386 g/mol. The van der Waals surface area contributed by atoms with E-state index in [1.54, 1.807) is 0 Å². The van der Waals surface area contributed by atoms with Gasteiger partial charge in [-0.3, -0.25) is 4.79 Å². The Morgan fingerprint density at radius 3 is 2.71 bits per heavy atom. The lowest BCUT2D eigenvalue weighted by atomic mass is 9.84. The van der Waals surface area contributed by atoms with Gasteiger partial charge in [-0.1, -0.05) is 24.3 Å². The van der Waals surface area contributed by atoms with Gasteiger partial charge in [-0.05, 0) is 69.1 Å². The lowest BCUT2D eigenvalue weighted by molar-refractivity contribution is 0.0453. The van der Waals surface area contributed by atoms with E-state index in [0.29, 0.717) is 0 Å². The zero-order valence-corrected chi connectivity index (χ0v) is 18.4. The summed E-state index contributed by atoms with van der Waals surface area (Å²) < 4.78 is 9.00. The number of aryl methyl sites for hydroxylation is 3. The SMILES string of the molecule is Cc1nc2c3c(c(C(=O)N4CCCCC4)cc2n1C)CCC1(CCc2ccccc21)O3. The van der Waals surface area contributed by atoms with E-state index in [9.17, 15) is 4.79 Å². The van der Waals surface area contributed by atoms with Crippen molar-refractivity contribution in [1.29, 1.82) is 0 Å². The molecule has 1 amide bonds. The molecule has 1 aromatic heterocycles. The maximum atomic E-state index is 13.6. The largest absolute Gasteiger partial charge is 0.480 e. The highest BCUT2D eigenvalue weighted by Gasteiger charge is 2.45. The molecule has 6 rings (SSSR count). The lowest BCUT2D eigenvalue weighted by Crippen LogP contribution is -2.38. The number of nitrogens with zero attached hydrogens (tertiary/aromatic N) is 3. The Hall–Kier alpha value is -2.82. The molecule has 2 aromatic carbocycles. The van der Waals surface area contributed by atoms with Crippen LogP contribution in [0.15, 0.2) is 30.3 Å². The van der Waals surface area contributed by atoms with Gasteiger partial charge in [-0.2, -0.15) is 0 Å². The molecule has 1 spiro atoms. The summed E-state index contributed by atoms with van der Waals surface area (Å²) in [5.74, 6) is 1.93. The first kappa shape index (κ1) is 18.9. The number of benzene rings is 2. The van der Waals surface area contributed by atoms with Gasteiger partial charge in [0, 0.05) is 31.3 Å². The fourth-order valence-electron chi connectivity index (χ4n) is 5.86. The average Bonchev–Trinajstić information content (AvgIpc) is 3.31. The highest BCUT2D eigenvalue weighted by atomic mass is 16.5. The minimum absolute atomic E-state index is 0.156. The number of imidazole rings is 1. The summed E-state index contributed by atoms with van der Waals surface area (Å²) in [4.78, 5) is 20.5. The van der Waals surface area contributed by atoms with Crippen molar-refractivity contribution in [2.24, 2.45) is 7.05 Å². The molecule has 5 nitrogen and oxygen atoms in total. The number of rotatable bonds is 1. The van der Waals surface area contributed by atoms with E-state index in [4.69, 9.17) is 9.72 Å². The second-order valence-electron chi connectivity index (χ2n) is 9.42. The number of aromatic nitrogens is 2. The Morgan fingerprint density at radius 1 is 1.10 bits per heavy atom. The first-order valence-corrected chi connectivity index (χ1v) is 11.6. The number of carbonyl (C=O) groups is 1. The molecule has 1 aliphatic carbocycles. The Balaban J connectivity index is 1.52. The Bertz CT molecular complexity index is 1210. The molecule has 3 aliphatic rings. The van der Waals surface area contributed by atoms with Crippen LogP contribution in [0.2, 0.25) is 0 Å². The molecule has 1 fully saturated rings. The Kier molecular flexibility index (Phi) is 4.17. The summed E-state index contributed by atoms with van der Waals surface area (Å²) in [7, 11) is 2.02. The summed E-state index contributed by atoms with van der Waals surface area (Å²) in [5.41, 5.74) is 6.15. The van der Waals surface area contributed by atoms with Crippen LogP contribution in [-0.4, -0.2) is 33.4 Å². The third kappa shape index (κ3) is 2.75. The summed E-state index contributed by atoms with van der Waals surface area (Å²) in [6.07, 6.45) is 7.20. The number of likely N-dealkylation sites (tertiary alicyclic amines) is 1. The van der Waals surface area contributed by atoms with E-state index in [1.807, 2.05) is 18.9 Å². The zero-order valence-electron chi connectivity index (χ0n) is 18.4. The highest BCUT2D eigenvalue weighted by Crippen LogP contribution is 2.50. The number of hydrogen-bond donors (Lipinski definition) is 0. The fraction of sp³-hybridized carbons (Fsp3) is 0.462. The van der Waals surface area contributed by atoms with Crippen LogP contribution in [0.5, 0.6) is 5.75 Å². The number of ether oxygens (including phenoxy) is 1. The monoisotopic (exact) mass is 415 g/mol. The van der Waals surface area contributed by atoms with Crippen LogP contribution in [0.3, 0.4) is 0 Å². The van der Waals surface area contributed by atoms with Gasteiger partial charge in [0.15, 0.2) is 5.75 Å². The smallest absolute Gasteiger partial charge is 0.254 e. The van der Waals surface area contributed by atoms with Crippen molar-refractivity contribution in [2.75, 3.05) is 13.1 Å². The Morgan fingerprint density at radius 2 is 1.87 bits per heavy atom. The first-order chi connectivity index (χ1) is 15.1. The van der Waals surface area contributed by atoms with Crippen LogP contribution >= 0.6 is 0 Å². The van der Waals surface area contributed by atoms with E-state index < -0.39 is 0 Å². The van der Waals surface area contributed by atoms with Gasteiger partial charge in [-0.25, -0.2) is 4.98 Å². The van der Waals surface area contributed by atoms with Gasteiger partial charge in [-0.15, -0.1) is 0 Å². The number of hydrogen-bond acceptors (Lipinski definition) is 3. The summed E-state index contributed by atoms with van der Waals surface area (Å²) in [6, 6.07) is 10.7. The molecule has 0 radical (unpaired) electrons. The zero-order chi connectivity index (χ0) is 21.2. The van der Waals surface area contributed by atoms with Crippen molar-refractivity contribution in [3.8, 4) is 5.75 Å². The summed E-state index contributed by atoms with van der Waals surface area (Å²) in [5, 5.41) is 0. The predicted molar refractivity (Wildman–Crippen MR) is 121 cm³/mol. The molecule has 0 N–H and O–H groups in total. The van der Waals surface area contributed by atoms with Gasteiger partial charge >= 0.3 is 0 Å². The fourth-order valence-corrected chi connectivity index (χ4v) is 5.86. The number of fused-ring (bicyclic) bond motifs is 5. The van der Waals surface area contributed by atoms with Gasteiger partial charge in [0.25, 0.3) is 5.91 Å². The molecule has 2 aliphatic heterocycles. The van der Waals surface area contributed by atoms with Crippen LogP contribution in [0.25, 0.3) is 11.0 Å². The van der Waals surface area contributed by atoms with Gasteiger partial charge in [0.1, 0.15) is 16.9 Å². The molecule has 3 heterocycles. The van der Waals surface area contributed by atoms with Crippen LogP contribution < -0.4 is 4.74 Å². The number of amides is 1. The molecule has 1 saturated heterocycles. The molecule has 0 bridgehead atoms. The third-order valence-electron chi connectivity index (χ3n) is 7.71. The number of piperidine rings is 1. The van der Waals surface area contributed by atoms with E-state index in [0.717, 1.165) is 85.3 Å². The van der Waals surface area contributed by atoms with Crippen LogP contribution in [-0.2, 0) is 25.5 Å². The van der Waals surface area contributed by atoms with Gasteiger partial charge in [0.05, 0.1) is 5.52 Å². The molecule has 1 atom stereocenters. The maximum Gasteiger partial charge on any atom is 0.254 e. The van der Waals surface area contributed by atoms with Crippen molar-refractivity contribution < 1.29 is 9.53 Å². The van der Waals surface area contributed by atoms with Crippen LogP contribution in [0.4, 0.5) is 0 Å². The van der Waals surface area contributed by atoms with E-state index >= 15 is 0 Å². The lowest BCUT2D eigenvalue weighted by Gasteiger charge is -2.38. The highest BCUT2D eigenvalue weighted by molar-refractivity contribution is 6.01. The van der Waals surface area contributed by atoms with Gasteiger partial charge < -0.3 is 14.2 Å². The molecule has 1 unspecified atom stereocenters. The van der Waals surface area contributed by atoms with Crippen LogP contribution in [0, 0.1) is 6.92 Å². The predicted octanol–water partition coefficient (Wildman–Crippen LogP) is 4.67. The summed E-state index contributed by atoms with van der Waals surface area (Å²) >= 11 is 0. The first-order valence-electron chi connectivity index (χ1n) is 11.6. The van der Waals surface area contributed by atoms with Crippen LogP contribution in [0.1, 0.15) is 65.0 Å². The standard InChI is InChI=1S/C26H29N3O2/c1-17-27-23-22(28(17)2)16-20(25(30)29-14-6-3-7-15-29)19-11-13-26(31-24(19)23)12-10-18-8-4-5-9-21(18)26/h4-5,8-9,16H,3,6-7,10-15H2,1-2H3. The Labute approximate surface area is 183 Å². The molecule has 160 valence electrons. The normalized spacial score (nSPS) is 22.5.